The number of thioether (sulfide) groups is 1. The van der Waals surface area contributed by atoms with Crippen LogP contribution in [0.5, 0.6) is 0 Å². The maximum absolute atomic E-state index is 12.3. The molecule has 0 atom stereocenters. The summed E-state index contributed by atoms with van der Waals surface area (Å²) in [6.45, 7) is 7.10. The van der Waals surface area contributed by atoms with Crippen molar-refractivity contribution in [2.75, 3.05) is 18.9 Å². The predicted molar refractivity (Wildman–Crippen MR) is 99.1 cm³/mol. The number of hydrogen-bond donors (Lipinski definition) is 2. The molecule has 0 saturated carbocycles. The Morgan fingerprint density at radius 2 is 1.77 bits per heavy atom. The molecular formula is C18H24N2O5S. The van der Waals surface area contributed by atoms with Crippen LogP contribution in [-0.2, 0) is 14.3 Å². The first-order valence-electron chi connectivity index (χ1n) is 8.15. The van der Waals surface area contributed by atoms with E-state index in [1.165, 1.54) is 0 Å². The van der Waals surface area contributed by atoms with Crippen LogP contribution >= 0.6 is 11.8 Å². The minimum atomic E-state index is -0.630. The number of ether oxygens (including phenoxy) is 1. The Hall–Kier alpha value is -2.35. The number of ketones is 1. The monoisotopic (exact) mass is 380 g/mol. The number of rotatable bonds is 7. The van der Waals surface area contributed by atoms with E-state index in [2.05, 4.69) is 10.6 Å². The molecular weight excluding hydrogens is 356 g/mol. The Balaban J connectivity index is 2.67. The van der Waals surface area contributed by atoms with Gasteiger partial charge in [-0.05, 0) is 19.1 Å². The molecule has 2 N–H and O–H groups in total. The Labute approximate surface area is 157 Å². The van der Waals surface area contributed by atoms with Crippen molar-refractivity contribution in [2.45, 2.75) is 32.6 Å². The number of esters is 1. The van der Waals surface area contributed by atoms with Gasteiger partial charge in [0.25, 0.3) is 0 Å². The lowest BCUT2D eigenvalue weighted by atomic mass is 9.91. The Morgan fingerprint density at radius 3 is 2.38 bits per heavy atom. The van der Waals surface area contributed by atoms with Gasteiger partial charge in [-0.3, -0.25) is 14.9 Å². The molecule has 0 spiro atoms. The number of benzene rings is 1. The molecule has 1 rings (SSSR count). The Kier molecular flexibility index (Phi) is 8.31. The molecule has 0 unspecified atom stereocenters. The predicted octanol–water partition coefficient (Wildman–Crippen LogP) is 2.40. The van der Waals surface area contributed by atoms with Gasteiger partial charge in [0.1, 0.15) is 0 Å². The molecule has 0 heterocycles. The molecule has 7 nitrogen and oxygen atoms in total. The number of hydrogen-bond acceptors (Lipinski definition) is 6. The number of carbonyl (C=O) groups is 4. The maximum Gasteiger partial charge on any atom is 0.339 e. The fourth-order valence-corrected chi connectivity index (χ4v) is 2.54. The first kappa shape index (κ1) is 21.7. The topological polar surface area (TPSA) is 102 Å². The zero-order chi connectivity index (χ0) is 19.7. The molecule has 0 aliphatic heterocycles. The van der Waals surface area contributed by atoms with E-state index in [0.29, 0.717) is 11.4 Å². The van der Waals surface area contributed by atoms with E-state index in [1.807, 2.05) is 0 Å². The number of imide groups is 1. The minimum absolute atomic E-state index is 0.0393. The van der Waals surface area contributed by atoms with Crippen molar-refractivity contribution in [3.63, 3.8) is 0 Å². The van der Waals surface area contributed by atoms with Crippen LogP contribution < -0.4 is 10.6 Å². The van der Waals surface area contributed by atoms with Gasteiger partial charge in [-0.2, -0.15) is 0 Å². The smallest absolute Gasteiger partial charge is 0.339 e. The molecule has 1 aromatic carbocycles. The average Bonchev–Trinajstić information content (AvgIpc) is 2.57. The van der Waals surface area contributed by atoms with Crippen LogP contribution in [-0.4, -0.2) is 42.6 Å². The zero-order valence-electron chi connectivity index (χ0n) is 15.4. The summed E-state index contributed by atoms with van der Waals surface area (Å²) < 4.78 is 5.09. The van der Waals surface area contributed by atoms with Crippen molar-refractivity contribution in [3.8, 4) is 0 Å². The quantitative estimate of drug-likeness (QED) is 0.556. The molecule has 26 heavy (non-hydrogen) atoms. The highest BCUT2D eigenvalue weighted by molar-refractivity contribution is 8.00. The van der Waals surface area contributed by atoms with E-state index >= 15 is 0 Å². The summed E-state index contributed by atoms with van der Waals surface area (Å²) in [4.78, 5) is 47.7. The van der Waals surface area contributed by atoms with Crippen molar-refractivity contribution in [3.05, 3.63) is 29.8 Å². The van der Waals surface area contributed by atoms with Gasteiger partial charge in [0.2, 0.25) is 5.91 Å². The molecule has 8 heteroatoms. The Bertz CT molecular complexity index is 682. The van der Waals surface area contributed by atoms with Gasteiger partial charge < -0.3 is 10.1 Å². The first-order chi connectivity index (χ1) is 12.1. The molecule has 0 aromatic heterocycles. The van der Waals surface area contributed by atoms with E-state index in [4.69, 9.17) is 4.74 Å². The number of amides is 3. The molecule has 1 aromatic rings. The van der Waals surface area contributed by atoms with Crippen molar-refractivity contribution in [2.24, 2.45) is 5.41 Å². The van der Waals surface area contributed by atoms with Crippen LogP contribution in [0.25, 0.3) is 0 Å². The first-order valence-corrected chi connectivity index (χ1v) is 9.13. The normalized spacial score (nSPS) is 10.8. The molecule has 3 amide bonds. The summed E-state index contributed by atoms with van der Waals surface area (Å²) in [6, 6.07) is 6.06. The van der Waals surface area contributed by atoms with E-state index in [-0.39, 0.29) is 23.7 Å². The highest BCUT2D eigenvalue weighted by atomic mass is 32.2. The van der Waals surface area contributed by atoms with Crippen LogP contribution in [0.4, 0.5) is 4.79 Å². The average molecular weight is 380 g/mol. The third-order valence-electron chi connectivity index (χ3n) is 3.23. The van der Waals surface area contributed by atoms with Crippen molar-refractivity contribution in [1.82, 2.24) is 10.6 Å². The zero-order valence-corrected chi connectivity index (χ0v) is 16.2. The van der Waals surface area contributed by atoms with Gasteiger partial charge in [0, 0.05) is 16.9 Å². The molecule has 0 aliphatic carbocycles. The van der Waals surface area contributed by atoms with Gasteiger partial charge in [0.15, 0.2) is 12.4 Å². The number of urea groups is 1. The lowest BCUT2D eigenvalue weighted by Gasteiger charge is -2.16. The standard InChI is InChI=1S/C18H24N2O5S/c1-5-19-17(24)20-15(22)11-26-13-9-7-6-8-12(13)16(23)25-10-14(21)18(2,3)4/h6-9H,5,10-11H2,1-4H3,(H2,19,20,22,24). The summed E-state index contributed by atoms with van der Waals surface area (Å²) in [7, 11) is 0. The number of carbonyl (C=O) groups excluding carboxylic acids is 4. The molecule has 0 fully saturated rings. The third kappa shape index (κ3) is 7.26. The lowest BCUT2D eigenvalue weighted by molar-refractivity contribution is -0.129. The van der Waals surface area contributed by atoms with Crippen LogP contribution in [0.15, 0.2) is 29.2 Å². The fourth-order valence-electron chi connectivity index (χ4n) is 1.70. The van der Waals surface area contributed by atoms with Crippen LogP contribution in [0.3, 0.4) is 0 Å². The van der Waals surface area contributed by atoms with Crippen LogP contribution in [0.2, 0.25) is 0 Å². The summed E-state index contributed by atoms with van der Waals surface area (Å²) in [5.41, 5.74) is -0.323. The van der Waals surface area contributed by atoms with E-state index in [1.54, 1.807) is 52.0 Å². The van der Waals surface area contributed by atoms with Crippen LogP contribution in [0, 0.1) is 5.41 Å². The lowest BCUT2D eigenvalue weighted by Crippen LogP contribution is -2.40. The summed E-state index contributed by atoms with van der Waals surface area (Å²) in [6.07, 6.45) is 0. The fraction of sp³-hybridized carbons (Fsp3) is 0.444. The molecule has 0 aliphatic rings. The summed E-state index contributed by atoms with van der Waals surface area (Å²) in [5.74, 6) is -1.33. The van der Waals surface area contributed by atoms with Gasteiger partial charge in [-0.25, -0.2) is 9.59 Å². The van der Waals surface area contributed by atoms with Gasteiger partial charge in [-0.1, -0.05) is 32.9 Å². The second kappa shape index (κ2) is 9.96. The highest BCUT2D eigenvalue weighted by Gasteiger charge is 2.23. The van der Waals surface area contributed by atoms with Crippen molar-refractivity contribution in [1.29, 1.82) is 0 Å². The molecule has 0 radical (unpaired) electrons. The van der Waals surface area contributed by atoms with Gasteiger partial charge in [0.05, 0.1) is 11.3 Å². The van der Waals surface area contributed by atoms with Gasteiger partial charge >= 0.3 is 12.0 Å². The molecule has 0 bridgehead atoms. The van der Waals surface area contributed by atoms with Gasteiger partial charge in [-0.15, -0.1) is 11.8 Å². The van der Waals surface area contributed by atoms with Crippen molar-refractivity contribution < 1.29 is 23.9 Å². The summed E-state index contributed by atoms with van der Waals surface area (Å²) in [5, 5.41) is 4.64. The maximum atomic E-state index is 12.3. The van der Waals surface area contributed by atoms with Crippen molar-refractivity contribution >= 4 is 35.5 Å². The Morgan fingerprint density at radius 1 is 1.12 bits per heavy atom. The minimum Gasteiger partial charge on any atom is -0.454 e. The summed E-state index contributed by atoms with van der Waals surface area (Å²) >= 11 is 1.11. The molecule has 142 valence electrons. The van der Waals surface area contributed by atoms with Crippen LogP contribution in [0.1, 0.15) is 38.1 Å². The largest absolute Gasteiger partial charge is 0.454 e. The second-order valence-corrected chi connectivity index (χ2v) is 7.46. The third-order valence-corrected chi connectivity index (χ3v) is 4.30. The molecule has 0 saturated heterocycles. The van der Waals surface area contributed by atoms with E-state index < -0.39 is 23.3 Å². The highest BCUT2D eigenvalue weighted by Crippen LogP contribution is 2.23. The van der Waals surface area contributed by atoms with E-state index in [0.717, 1.165) is 11.8 Å². The number of nitrogens with one attached hydrogen (secondary N) is 2. The van der Waals surface area contributed by atoms with E-state index in [9.17, 15) is 19.2 Å². The SMILES string of the molecule is CCNC(=O)NC(=O)CSc1ccccc1C(=O)OCC(=O)C(C)(C)C. The number of Topliss-reactive ketones (excluding diaryl/α,β-unsaturated/α-hetero) is 1. The second-order valence-electron chi connectivity index (χ2n) is 6.44.